The summed E-state index contributed by atoms with van der Waals surface area (Å²) in [6.07, 6.45) is 9.15. The first kappa shape index (κ1) is 25.8. The summed E-state index contributed by atoms with van der Waals surface area (Å²) < 4.78 is 0. The van der Waals surface area contributed by atoms with Crippen molar-refractivity contribution in [2.24, 2.45) is 5.41 Å². The zero-order chi connectivity index (χ0) is 25.8. The van der Waals surface area contributed by atoms with Gasteiger partial charge in [0, 0.05) is 15.7 Å². The van der Waals surface area contributed by atoms with Gasteiger partial charge in [-0.2, -0.15) is 11.8 Å². The Balaban J connectivity index is 1.35. The molecule has 3 heteroatoms. The first-order valence-electron chi connectivity index (χ1n) is 13.1. The highest BCUT2D eigenvalue weighted by Gasteiger charge is 2.37. The molecule has 0 saturated heterocycles. The third-order valence-electron chi connectivity index (χ3n) is 7.29. The molecule has 1 saturated carbocycles. The van der Waals surface area contributed by atoms with Crippen molar-refractivity contribution in [3.63, 3.8) is 0 Å². The predicted octanol–water partition coefficient (Wildman–Crippen LogP) is 10.3. The molecule has 37 heavy (non-hydrogen) atoms. The zero-order valence-corrected chi connectivity index (χ0v) is 23.3. The van der Waals surface area contributed by atoms with Crippen molar-refractivity contribution in [1.82, 2.24) is 4.98 Å². The number of pyridine rings is 1. The molecule has 188 valence electrons. The Hall–Kier alpha value is -2.81. The number of benzene rings is 3. The largest absolute Gasteiger partial charge is 0.248 e. The van der Waals surface area contributed by atoms with Crippen LogP contribution in [0.3, 0.4) is 0 Å². The fraction of sp³-hybridized carbons (Fsp3) is 0.265. The number of halogens is 1. The van der Waals surface area contributed by atoms with Crippen LogP contribution in [0.1, 0.15) is 66.3 Å². The number of hydrogen-bond acceptors (Lipinski definition) is 2. The van der Waals surface area contributed by atoms with Gasteiger partial charge in [0.1, 0.15) is 0 Å². The molecule has 0 unspecified atom stereocenters. The van der Waals surface area contributed by atoms with Crippen LogP contribution in [0.15, 0.2) is 85.4 Å². The molecule has 0 spiro atoms. The molecule has 0 N–H and O–H groups in total. The molecule has 4 aromatic rings. The van der Waals surface area contributed by atoms with Gasteiger partial charge in [0.15, 0.2) is 0 Å². The van der Waals surface area contributed by atoms with Crippen LogP contribution in [-0.4, -0.2) is 10.7 Å². The van der Waals surface area contributed by atoms with Crippen LogP contribution in [0.2, 0.25) is 5.02 Å². The molecular weight excluding hydrogens is 490 g/mol. The Bertz CT molecular complexity index is 1450. The van der Waals surface area contributed by atoms with Gasteiger partial charge in [-0.3, -0.25) is 0 Å². The smallest absolute Gasteiger partial charge is 0.0724 e. The monoisotopic (exact) mass is 523 g/mol. The summed E-state index contributed by atoms with van der Waals surface area (Å²) >= 11 is 8.31. The lowest BCUT2D eigenvalue weighted by atomic mass is 9.96. The van der Waals surface area contributed by atoms with E-state index in [2.05, 4.69) is 105 Å². The summed E-state index contributed by atoms with van der Waals surface area (Å²) in [6, 6.07) is 27.7. The van der Waals surface area contributed by atoms with E-state index >= 15 is 0 Å². The van der Waals surface area contributed by atoms with Gasteiger partial charge in [-0.05, 0) is 90.3 Å². The molecule has 1 nitrogen and oxygen atoms in total. The van der Waals surface area contributed by atoms with Gasteiger partial charge in [0.25, 0.3) is 0 Å². The molecule has 5 rings (SSSR count). The third-order valence-corrected chi connectivity index (χ3v) is 9.30. The van der Waals surface area contributed by atoms with Crippen molar-refractivity contribution in [2.75, 3.05) is 5.75 Å². The first-order valence-corrected chi connectivity index (χ1v) is 14.5. The number of rotatable bonds is 10. The molecule has 0 radical (unpaired) electrons. The van der Waals surface area contributed by atoms with Gasteiger partial charge in [-0.25, -0.2) is 4.98 Å². The maximum atomic E-state index is 6.17. The maximum absolute atomic E-state index is 6.17. The highest BCUT2D eigenvalue weighted by Crippen LogP contribution is 2.50. The minimum absolute atomic E-state index is 0.463. The molecule has 1 aliphatic rings. The highest BCUT2D eigenvalue weighted by atomic mass is 35.5. The second kappa shape index (κ2) is 11.3. The second-order valence-electron chi connectivity index (χ2n) is 10.7. The predicted molar refractivity (Wildman–Crippen MR) is 164 cm³/mol. The summed E-state index contributed by atoms with van der Waals surface area (Å²) in [5.41, 5.74) is 8.83. The zero-order valence-electron chi connectivity index (χ0n) is 21.7. The van der Waals surface area contributed by atoms with Crippen molar-refractivity contribution in [3.8, 4) is 0 Å². The van der Waals surface area contributed by atoms with Crippen molar-refractivity contribution in [3.05, 3.63) is 118 Å². The number of aromatic nitrogens is 1. The van der Waals surface area contributed by atoms with Crippen LogP contribution < -0.4 is 0 Å². The summed E-state index contributed by atoms with van der Waals surface area (Å²) in [6.45, 7) is 8.73. The molecular formula is C34H34ClNS. The van der Waals surface area contributed by atoms with Crippen LogP contribution >= 0.6 is 23.4 Å². The van der Waals surface area contributed by atoms with E-state index in [1.54, 1.807) is 0 Å². The van der Waals surface area contributed by atoms with Gasteiger partial charge >= 0.3 is 0 Å². The molecule has 1 heterocycles. The van der Waals surface area contributed by atoms with Crippen molar-refractivity contribution in [1.29, 1.82) is 0 Å². The summed E-state index contributed by atoms with van der Waals surface area (Å²) in [4.78, 5) is 4.78. The lowest BCUT2D eigenvalue weighted by Crippen LogP contribution is -2.04. The topological polar surface area (TPSA) is 12.9 Å². The Kier molecular flexibility index (Phi) is 7.88. The fourth-order valence-electron chi connectivity index (χ4n) is 4.69. The van der Waals surface area contributed by atoms with Gasteiger partial charge in [0.2, 0.25) is 0 Å². The normalized spacial score (nSPS) is 15.2. The molecule has 0 amide bonds. The standard InChI is InChI=1S/C34H34ClNS/c1-24(2)31-10-5-4-8-26(31)14-18-33(37-23-34(3)19-20-34)28-9-6-7-25(21-28)11-16-30-17-13-27-12-15-29(35)22-32(27)36-30/h4-13,15-17,21-22,33H,1,14,18-20,23H2,2-3H3/b16-11+/t33-/m1/s1. The summed E-state index contributed by atoms with van der Waals surface area (Å²) in [5, 5.41) is 2.27. The van der Waals surface area contributed by atoms with Gasteiger partial charge in [0.05, 0.1) is 11.2 Å². The quantitative estimate of drug-likeness (QED) is 0.205. The van der Waals surface area contributed by atoms with E-state index < -0.39 is 0 Å². The van der Waals surface area contributed by atoms with Crippen LogP contribution in [0, 0.1) is 5.41 Å². The molecule has 1 aromatic heterocycles. The molecule has 1 atom stereocenters. The maximum Gasteiger partial charge on any atom is 0.0724 e. The van der Waals surface area contributed by atoms with E-state index in [1.807, 2.05) is 18.2 Å². The van der Waals surface area contributed by atoms with E-state index in [9.17, 15) is 0 Å². The van der Waals surface area contributed by atoms with Crippen LogP contribution in [0.5, 0.6) is 0 Å². The summed E-state index contributed by atoms with van der Waals surface area (Å²) in [5.74, 6) is 1.23. The number of nitrogens with zero attached hydrogens (tertiary/aromatic N) is 1. The van der Waals surface area contributed by atoms with Gasteiger partial charge in [-0.1, -0.05) is 97.4 Å². The first-order chi connectivity index (χ1) is 17.9. The number of hydrogen-bond donors (Lipinski definition) is 0. The lowest BCUT2D eigenvalue weighted by Gasteiger charge is -2.21. The Labute approximate surface area is 230 Å². The Morgan fingerprint density at radius 3 is 2.65 bits per heavy atom. The van der Waals surface area contributed by atoms with Crippen LogP contribution in [-0.2, 0) is 6.42 Å². The number of allylic oxidation sites excluding steroid dienone is 1. The van der Waals surface area contributed by atoms with E-state index in [-0.39, 0.29) is 0 Å². The fourth-order valence-corrected chi connectivity index (χ4v) is 6.37. The highest BCUT2D eigenvalue weighted by molar-refractivity contribution is 7.99. The van der Waals surface area contributed by atoms with E-state index in [4.69, 9.17) is 16.6 Å². The Morgan fingerprint density at radius 1 is 1.03 bits per heavy atom. The van der Waals surface area contributed by atoms with Crippen molar-refractivity contribution in [2.45, 2.75) is 44.8 Å². The van der Waals surface area contributed by atoms with Crippen molar-refractivity contribution < 1.29 is 0 Å². The van der Waals surface area contributed by atoms with Crippen LogP contribution in [0.4, 0.5) is 0 Å². The molecule has 1 fully saturated rings. The SMILES string of the molecule is C=C(C)c1ccccc1CC[C@@H](SCC1(C)CC1)c1cccc(/C=C/c2ccc3ccc(Cl)cc3n2)c1. The second-order valence-corrected chi connectivity index (χ2v) is 12.3. The number of thioether (sulfide) groups is 1. The third kappa shape index (κ3) is 6.74. The molecule has 0 aliphatic heterocycles. The lowest BCUT2D eigenvalue weighted by molar-refractivity contribution is 0.662. The average molecular weight is 524 g/mol. The average Bonchev–Trinajstić information content (AvgIpc) is 3.64. The van der Waals surface area contributed by atoms with Crippen molar-refractivity contribution >= 4 is 52.0 Å². The van der Waals surface area contributed by atoms with E-state index in [1.165, 1.54) is 40.8 Å². The molecule has 3 aromatic carbocycles. The van der Waals surface area contributed by atoms with E-state index in [0.29, 0.717) is 15.7 Å². The van der Waals surface area contributed by atoms with Crippen LogP contribution in [0.25, 0.3) is 28.6 Å². The van der Waals surface area contributed by atoms with E-state index in [0.717, 1.165) is 35.0 Å². The number of fused-ring (bicyclic) bond motifs is 1. The minimum atomic E-state index is 0.463. The Morgan fingerprint density at radius 2 is 1.84 bits per heavy atom. The molecule has 1 aliphatic carbocycles. The number of aryl methyl sites for hydroxylation is 1. The minimum Gasteiger partial charge on any atom is -0.248 e. The molecule has 0 bridgehead atoms. The van der Waals surface area contributed by atoms with Gasteiger partial charge in [-0.15, -0.1) is 0 Å². The van der Waals surface area contributed by atoms with Gasteiger partial charge < -0.3 is 0 Å². The summed E-state index contributed by atoms with van der Waals surface area (Å²) in [7, 11) is 0.